The maximum Gasteiger partial charge on any atom is 0.305 e. The molecule has 0 unspecified atom stereocenters. The van der Waals surface area contributed by atoms with Crippen LogP contribution in [0.2, 0.25) is 0 Å². The van der Waals surface area contributed by atoms with Gasteiger partial charge in [0.2, 0.25) is 5.82 Å². The van der Waals surface area contributed by atoms with Crippen LogP contribution in [-0.4, -0.2) is 16.9 Å². The highest BCUT2D eigenvalue weighted by atomic mass is 19.1. The predicted molar refractivity (Wildman–Crippen MR) is 67.4 cm³/mol. The van der Waals surface area contributed by atoms with E-state index in [1.54, 1.807) is 0 Å². The molecule has 0 spiro atoms. The van der Waals surface area contributed by atoms with E-state index in [1.165, 1.54) is 0 Å². The summed E-state index contributed by atoms with van der Waals surface area (Å²) in [7, 11) is 0. The molecule has 1 fully saturated rings. The number of hydrogen-bond acceptors (Lipinski definition) is 3. The number of carbonyl (C=O) groups is 1. The van der Waals surface area contributed by atoms with Gasteiger partial charge >= 0.3 is 5.69 Å². The molecule has 0 radical (unpaired) electrons. The maximum atomic E-state index is 13.6. The number of nitrogens with zero attached hydrogens (tertiary/aromatic N) is 1. The van der Waals surface area contributed by atoms with Gasteiger partial charge in [0.05, 0.1) is 10.5 Å². The van der Waals surface area contributed by atoms with Crippen LogP contribution in [0.25, 0.3) is 0 Å². The Morgan fingerprint density at radius 3 is 2.45 bits per heavy atom. The molecule has 1 aliphatic rings. The molecule has 0 saturated heterocycles. The summed E-state index contributed by atoms with van der Waals surface area (Å²) in [5.41, 5.74) is -1.40. The molecule has 1 N–H and O–H groups in total. The fourth-order valence-electron chi connectivity index (χ4n) is 2.36. The zero-order chi connectivity index (χ0) is 14.7. The first-order chi connectivity index (χ1) is 9.49. The van der Waals surface area contributed by atoms with Crippen molar-refractivity contribution in [1.82, 2.24) is 5.32 Å². The van der Waals surface area contributed by atoms with Gasteiger partial charge < -0.3 is 5.32 Å². The summed E-state index contributed by atoms with van der Waals surface area (Å²) in [6.45, 7) is 0. The van der Waals surface area contributed by atoms with Crippen LogP contribution in [-0.2, 0) is 0 Å². The quantitative estimate of drug-likeness (QED) is 0.685. The van der Waals surface area contributed by atoms with Crippen molar-refractivity contribution < 1.29 is 18.5 Å². The second kappa shape index (κ2) is 5.94. The van der Waals surface area contributed by atoms with Gasteiger partial charge in [0, 0.05) is 18.2 Å². The Bertz CT molecular complexity index is 543. The Kier molecular flexibility index (Phi) is 4.26. The van der Waals surface area contributed by atoms with Crippen molar-refractivity contribution in [3.63, 3.8) is 0 Å². The summed E-state index contributed by atoms with van der Waals surface area (Å²) in [5.74, 6) is -3.12. The normalized spacial score (nSPS) is 15.9. The van der Waals surface area contributed by atoms with Crippen molar-refractivity contribution in [2.24, 2.45) is 0 Å². The smallest absolute Gasteiger partial charge is 0.305 e. The van der Waals surface area contributed by atoms with E-state index in [1.807, 2.05) is 0 Å². The first kappa shape index (κ1) is 14.4. The molecule has 0 bridgehead atoms. The SMILES string of the molecule is O=C(NC1CCCCC1)c1cc([N+](=O)[O-])c(F)cc1F. The standard InChI is InChI=1S/C13H14F2N2O3/c14-10-7-11(15)12(17(19)20)6-9(10)13(18)16-8-4-2-1-3-5-8/h6-8H,1-5H2,(H,16,18). The number of rotatable bonds is 3. The Balaban J connectivity index is 2.20. The van der Waals surface area contributed by atoms with E-state index in [4.69, 9.17) is 0 Å². The number of nitro benzene ring substituents is 1. The number of benzene rings is 1. The van der Waals surface area contributed by atoms with Crippen LogP contribution < -0.4 is 5.32 Å². The number of nitrogens with one attached hydrogen (secondary N) is 1. The molecule has 20 heavy (non-hydrogen) atoms. The second-order valence-electron chi connectivity index (χ2n) is 4.85. The van der Waals surface area contributed by atoms with E-state index >= 15 is 0 Å². The Labute approximate surface area is 114 Å². The topological polar surface area (TPSA) is 72.2 Å². The van der Waals surface area contributed by atoms with Crippen LogP contribution in [0, 0.1) is 21.7 Å². The van der Waals surface area contributed by atoms with Gasteiger partial charge in [-0.2, -0.15) is 4.39 Å². The van der Waals surface area contributed by atoms with E-state index < -0.39 is 33.7 Å². The lowest BCUT2D eigenvalue weighted by Crippen LogP contribution is -2.36. The minimum Gasteiger partial charge on any atom is -0.349 e. The third-order valence-corrected chi connectivity index (χ3v) is 3.42. The van der Waals surface area contributed by atoms with E-state index in [9.17, 15) is 23.7 Å². The van der Waals surface area contributed by atoms with Crippen LogP contribution in [0.4, 0.5) is 14.5 Å². The molecule has 5 nitrogen and oxygen atoms in total. The van der Waals surface area contributed by atoms with Gasteiger partial charge in [0.1, 0.15) is 5.82 Å². The van der Waals surface area contributed by atoms with Crippen molar-refractivity contribution in [2.75, 3.05) is 0 Å². The molecule has 1 aromatic carbocycles. The van der Waals surface area contributed by atoms with Gasteiger partial charge in [-0.05, 0) is 12.8 Å². The summed E-state index contributed by atoms with van der Waals surface area (Å²) in [5, 5.41) is 13.2. The average Bonchev–Trinajstić information content (AvgIpc) is 2.39. The number of hydrogen-bond donors (Lipinski definition) is 1. The summed E-state index contributed by atoms with van der Waals surface area (Å²) < 4.78 is 26.8. The lowest BCUT2D eigenvalue weighted by atomic mass is 9.95. The van der Waals surface area contributed by atoms with Crippen LogP contribution in [0.3, 0.4) is 0 Å². The molecule has 1 amide bonds. The van der Waals surface area contributed by atoms with Crippen molar-refractivity contribution in [3.8, 4) is 0 Å². The average molecular weight is 284 g/mol. The molecule has 0 aliphatic heterocycles. The number of halogens is 2. The maximum absolute atomic E-state index is 13.6. The molecule has 0 atom stereocenters. The van der Waals surface area contributed by atoms with Crippen LogP contribution in [0.15, 0.2) is 12.1 Å². The molecule has 1 aliphatic carbocycles. The summed E-state index contributed by atoms with van der Waals surface area (Å²) >= 11 is 0. The molecule has 108 valence electrons. The zero-order valence-corrected chi connectivity index (χ0v) is 10.7. The Morgan fingerprint density at radius 2 is 1.85 bits per heavy atom. The third-order valence-electron chi connectivity index (χ3n) is 3.42. The first-order valence-electron chi connectivity index (χ1n) is 6.43. The Morgan fingerprint density at radius 1 is 1.20 bits per heavy atom. The zero-order valence-electron chi connectivity index (χ0n) is 10.7. The molecule has 1 saturated carbocycles. The molecule has 7 heteroatoms. The summed E-state index contributed by atoms with van der Waals surface area (Å²) in [4.78, 5) is 21.6. The van der Waals surface area contributed by atoms with Crippen molar-refractivity contribution in [3.05, 3.63) is 39.4 Å². The lowest BCUT2D eigenvalue weighted by molar-refractivity contribution is -0.387. The second-order valence-corrected chi connectivity index (χ2v) is 4.85. The molecule has 1 aromatic rings. The van der Waals surface area contributed by atoms with Crippen LogP contribution >= 0.6 is 0 Å². The number of nitro groups is 1. The van der Waals surface area contributed by atoms with Gasteiger partial charge in [0.25, 0.3) is 5.91 Å². The number of amides is 1. The minimum atomic E-state index is -1.29. The molecule has 2 rings (SSSR count). The number of carbonyl (C=O) groups excluding carboxylic acids is 1. The van der Waals surface area contributed by atoms with E-state index in [0.29, 0.717) is 12.1 Å². The van der Waals surface area contributed by atoms with Gasteiger partial charge in [-0.3, -0.25) is 14.9 Å². The molecular formula is C13H14F2N2O3. The predicted octanol–water partition coefficient (Wildman–Crippen LogP) is 2.94. The highest BCUT2D eigenvalue weighted by molar-refractivity contribution is 5.95. The highest BCUT2D eigenvalue weighted by Crippen LogP contribution is 2.23. The van der Waals surface area contributed by atoms with E-state index in [2.05, 4.69) is 5.32 Å². The molecular weight excluding hydrogens is 270 g/mol. The Hall–Kier alpha value is -2.05. The third kappa shape index (κ3) is 3.09. The van der Waals surface area contributed by atoms with Crippen molar-refractivity contribution >= 4 is 11.6 Å². The largest absolute Gasteiger partial charge is 0.349 e. The summed E-state index contributed by atoms with van der Waals surface area (Å²) in [6.07, 6.45) is 4.67. The lowest BCUT2D eigenvalue weighted by Gasteiger charge is -2.22. The van der Waals surface area contributed by atoms with Gasteiger partial charge in [-0.25, -0.2) is 4.39 Å². The fraction of sp³-hybridized carbons (Fsp3) is 0.462. The van der Waals surface area contributed by atoms with Crippen molar-refractivity contribution in [1.29, 1.82) is 0 Å². The van der Waals surface area contributed by atoms with Crippen molar-refractivity contribution in [2.45, 2.75) is 38.1 Å². The summed E-state index contributed by atoms with van der Waals surface area (Å²) in [6, 6.07) is 0.955. The van der Waals surface area contributed by atoms with E-state index in [0.717, 1.165) is 32.1 Å². The van der Waals surface area contributed by atoms with Gasteiger partial charge in [-0.15, -0.1) is 0 Å². The molecule has 0 aromatic heterocycles. The first-order valence-corrected chi connectivity index (χ1v) is 6.43. The van der Waals surface area contributed by atoms with Crippen LogP contribution in [0.1, 0.15) is 42.5 Å². The minimum absolute atomic E-state index is 0.0558. The molecule has 0 heterocycles. The van der Waals surface area contributed by atoms with Crippen LogP contribution in [0.5, 0.6) is 0 Å². The van der Waals surface area contributed by atoms with Gasteiger partial charge in [-0.1, -0.05) is 19.3 Å². The fourth-order valence-corrected chi connectivity index (χ4v) is 2.36. The monoisotopic (exact) mass is 284 g/mol. The van der Waals surface area contributed by atoms with E-state index in [-0.39, 0.29) is 6.04 Å². The highest BCUT2D eigenvalue weighted by Gasteiger charge is 2.24. The van der Waals surface area contributed by atoms with Gasteiger partial charge in [0.15, 0.2) is 0 Å².